The minimum Gasteiger partial charge on any atom is -0.492 e. The first-order valence-corrected chi connectivity index (χ1v) is 8.53. The molecule has 0 aliphatic heterocycles. The van der Waals surface area contributed by atoms with Crippen LogP contribution in [0.5, 0.6) is 5.75 Å². The number of aromatic amines is 1. The van der Waals surface area contributed by atoms with Gasteiger partial charge in [0.15, 0.2) is 0 Å². The summed E-state index contributed by atoms with van der Waals surface area (Å²) in [7, 11) is 0. The van der Waals surface area contributed by atoms with Crippen LogP contribution in [-0.4, -0.2) is 39.5 Å². The quantitative estimate of drug-likeness (QED) is 0.229. The predicted molar refractivity (Wildman–Crippen MR) is 96.5 cm³/mol. The van der Waals surface area contributed by atoms with Gasteiger partial charge in [-0.2, -0.15) is 0 Å². The molecule has 0 unspecified atom stereocenters. The van der Waals surface area contributed by atoms with Crippen molar-refractivity contribution in [1.29, 1.82) is 0 Å². The smallest absolute Gasteiger partial charge is 0.307 e. The molecule has 0 radical (unpaired) electrons. The topological polar surface area (TPSA) is 116 Å². The van der Waals surface area contributed by atoms with E-state index in [-0.39, 0.29) is 5.91 Å². The number of imidazole rings is 1. The summed E-state index contributed by atoms with van der Waals surface area (Å²) >= 11 is 0.864. The molecule has 8 nitrogen and oxygen atoms in total. The maximum atomic E-state index is 12.1. The van der Waals surface area contributed by atoms with Gasteiger partial charge in [0.2, 0.25) is 0 Å². The van der Waals surface area contributed by atoms with Gasteiger partial charge in [0.1, 0.15) is 12.4 Å². The second-order valence-corrected chi connectivity index (χ2v) is 6.26. The number of hydrogen-bond acceptors (Lipinski definition) is 6. The third-order valence-electron chi connectivity index (χ3n) is 3.46. The Kier molecular flexibility index (Phi) is 5.72. The SMILES string of the molecule is O=C(NO)Sc1ccc(OCCNC(=O)c2ccc3nc[nH]c3c2)cc1. The summed E-state index contributed by atoms with van der Waals surface area (Å²) in [4.78, 5) is 30.9. The lowest BCUT2D eigenvalue weighted by Crippen LogP contribution is -2.28. The lowest BCUT2D eigenvalue weighted by molar-refractivity contribution is 0.0947. The second-order valence-electron chi connectivity index (χ2n) is 5.21. The molecular formula is C17H16N4O4S. The van der Waals surface area contributed by atoms with Crippen molar-refractivity contribution in [3.05, 3.63) is 54.4 Å². The molecular weight excluding hydrogens is 356 g/mol. The van der Waals surface area contributed by atoms with Crippen molar-refractivity contribution in [1.82, 2.24) is 20.8 Å². The molecule has 2 amide bonds. The molecule has 1 aromatic heterocycles. The Morgan fingerprint density at radius 1 is 1.19 bits per heavy atom. The zero-order valence-electron chi connectivity index (χ0n) is 13.6. The first kappa shape index (κ1) is 17.8. The van der Waals surface area contributed by atoms with E-state index in [0.717, 1.165) is 22.8 Å². The van der Waals surface area contributed by atoms with Crippen LogP contribution in [0, 0.1) is 0 Å². The van der Waals surface area contributed by atoms with Crippen molar-refractivity contribution in [3.63, 3.8) is 0 Å². The molecule has 2 aromatic carbocycles. The minimum absolute atomic E-state index is 0.188. The average Bonchev–Trinajstić information content (AvgIpc) is 3.14. The fourth-order valence-corrected chi connectivity index (χ4v) is 2.78. The molecule has 0 spiro atoms. The van der Waals surface area contributed by atoms with Gasteiger partial charge in [-0.05, 0) is 54.2 Å². The Balaban J connectivity index is 1.44. The van der Waals surface area contributed by atoms with E-state index in [1.807, 2.05) is 0 Å². The highest BCUT2D eigenvalue weighted by Gasteiger charge is 2.07. The molecule has 26 heavy (non-hydrogen) atoms. The highest BCUT2D eigenvalue weighted by Crippen LogP contribution is 2.21. The fourth-order valence-electron chi connectivity index (χ4n) is 2.25. The van der Waals surface area contributed by atoms with Crippen molar-refractivity contribution in [2.45, 2.75) is 4.90 Å². The second kappa shape index (κ2) is 8.37. The van der Waals surface area contributed by atoms with Gasteiger partial charge in [-0.15, -0.1) is 0 Å². The molecule has 0 aliphatic rings. The van der Waals surface area contributed by atoms with E-state index in [4.69, 9.17) is 9.94 Å². The van der Waals surface area contributed by atoms with Crippen LogP contribution >= 0.6 is 11.8 Å². The largest absolute Gasteiger partial charge is 0.492 e. The number of hydrogen-bond donors (Lipinski definition) is 4. The molecule has 3 aromatic rings. The Hall–Kier alpha value is -3.04. The van der Waals surface area contributed by atoms with Crippen LogP contribution in [0.3, 0.4) is 0 Å². The number of rotatable bonds is 6. The Morgan fingerprint density at radius 3 is 2.77 bits per heavy atom. The van der Waals surface area contributed by atoms with E-state index < -0.39 is 5.24 Å². The van der Waals surface area contributed by atoms with Crippen LogP contribution in [0.15, 0.2) is 53.7 Å². The highest BCUT2D eigenvalue weighted by atomic mass is 32.2. The normalized spacial score (nSPS) is 10.5. The number of amides is 2. The summed E-state index contributed by atoms with van der Waals surface area (Å²) in [5.41, 5.74) is 3.71. The predicted octanol–water partition coefficient (Wildman–Crippen LogP) is 2.56. The lowest BCUT2D eigenvalue weighted by atomic mass is 10.2. The molecule has 4 N–H and O–H groups in total. The van der Waals surface area contributed by atoms with Crippen LogP contribution in [-0.2, 0) is 0 Å². The van der Waals surface area contributed by atoms with Gasteiger partial charge in [-0.25, -0.2) is 10.5 Å². The highest BCUT2D eigenvalue weighted by molar-refractivity contribution is 8.13. The molecule has 0 fully saturated rings. The summed E-state index contributed by atoms with van der Waals surface area (Å²) in [6, 6.07) is 12.1. The third-order valence-corrected chi connectivity index (χ3v) is 4.25. The number of hydroxylamine groups is 1. The number of ether oxygens (including phenoxy) is 1. The van der Waals surface area contributed by atoms with Gasteiger partial charge >= 0.3 is 5.24 Å². The summed E-state index contributed by atoms with van der Waals surface area (Å²) in [5, 5.41) is 10.7. The molecule has 0 atom stereocenters. The molecule has 9 heteroatoms. The van der Waals surface area contributed by atoms with E-state index in [0.29, 0.717) is 29.4 Å². The summed E-state index contributed by atoms with van der Waals surface area (Å²) in [6.45, 7) is 0.658. The maximum absolute atomic E-state index is 12.1. The van der Waals surface area contributed by atoms with Crippen molar-refractivity contribution < 1.29 is 19.5 Å². The summed E-state index contributed by atoms with van der Waals surface area (Å²) < 4.78 is 5.55. The number of nitrogens with zero attached hydrogens (tertiary/aromatic N) is 1. The molecule has 0 saturated carbocycles. The van der Waals surface area contributed by atoms with E-state index in [9.17, 15) is 9.59 Å². The number of fused-ring (bicyclic) bond motifs is 1. The van der Waals surface area contributed by atoms with Crippen LogP contribution in [0.4, 0.5) is 4.79 Å². The van der Waals surface area contributed by atoms with Crippen LogP contribution in [0.1, 0.15) is 10.4 Å². The first-order valence-electron chi connectivity index (χ1n) is 7.72. The number of thioether (sulfide) groups is 1. The van der Waals surface area contributed by atoms with Crippen LogP contribution in [0.2, 0.25) is 0 Å². The van der Waals surface area contributed by atoms with Crippen LogP contribution in [0.25, 0.3) is 11.0 Å². The molecule has 3 rings (SSSR count). The number of H-pyrrole nitrogens is 1. The molecule has 134 valence electrons. The average molecular weight is 372 g/mol. The standard InChI is InChI=1S/C17H16N4O4S/c22-16(11-1-6-14-15(9-11)20-10-19-14)18-7-8-25-12-2-4-13(5-3-12)26-17(23)21-24/h1-6,9-10,24H,7-8H2,(H,18,22)(H,19,20)(H,21,23). The van der Waals surface area contributed by atoms with E-state index in [1.54, 1.807) is 54.3 Å². The lowest BCUT2D eigenvalue weighted by Gasteiger charge is -2.08. The van der Waals surface area contributed by atoms with Gasteiger partial charge in [0.25, 0.3) is 5.91 Å². The van der Waals surface area contributed by atoms with E-state index in [1.165, 1.54) is 0 Å². The summed E-state index contributed by atoms with van der Waals surface area (Å²) in [6.07, 6.45) is 1.58. The van der Waals surface area contributed by atoms with E-state index in [2.05, 4.69) is 15.3 Å². The Labute approximate surface area is 152 Å². The molecule has 1 heterocycles. The number of aromatic nitrogens is 2. The zero-order chi connectivity index (χ0) is 18.4. The van der Waals surface area contributed by atoms with Crippen molar-refractivity contribution in [2.75, 3.05) is 13.2 Å². The number of benzene rings is 2. The Morgan fingerprint density at radius 2 is 2.00 bits per heavy atom. The van der Waals surface area contributed by atoms with Gasteiger partial charge in [-0.3, -0.25) is 14.8 Å². The van der Waals surface area contributed by atoms with Gasteiger partial charge in [-0.1, -0.05) is 0 Å². The maximum Gasteiger partial charge on any atom is 0.307 e. The number of carbonyl (C=O) groups excluding carboxylic acids is 2. The molecule has 0 aliphatic carbocycles. The van der Waals surface area contributed by atoms with E-state index >= 15 is 0 Å². The number of nitrogens with one attached hydrogen (secondary N) is 3. The van der Waals surface area contributed by atoms with Crippen molar-refractivity contribution in [3.8, 4) is 5.75 Å². The fraction of sp³-hybridized carbons (Fsp3) is 0.118. The minimum atomic E-state index is -0.560. The van der Waals surface area contributed by atoms with Crippen LogP contribution < -0.4 is 15.5 Å². The zero-order valence-corrected chi connectivity index (χ0v) is 14.4. The van der Waals surface area contributed by atoms with Gasteiger partial charge in [0.05, 0.1) is 23.9 Å². The van der Waals surface area contributed by atoms with Crippen molar-refractivity contribution in [2.24, 2.45) is 0 Å². The Bertz CT molecular complexity index is 911. The summed E-state index contributed by atoms with van der Waals surface area (Å²) in [5.74, 6) is 0.429. The molecule has 0 bridgehead atoms. The monoisotopic (exact) mass is 372 g/mol. The van der Waals surface area contributed by atoms with Gasteiger partial charge in [0, 0.05) is 10.5 Å². The first-order chi connectivity index (χ1) is 12.7. The molecule has 0 saturated heterocycles. The third kappa shape index (κ3) is 4.52. The number of carbonyl (C=O) groups is 2. The van der Waals surface area contributed by atoms with Crippen molar-refractivity contribution >= 4 is 33.9 Å². The van der Waals surface area contributed by atoms with Gasteiger partial charge < -0.3 is 15.0 Å².